The summed E-state index contributed by atoms with van der Waals surface area (Å²) < 4.78 is 11.3. The number of oxazole rings is 1. The molecule has 4 heterocycles. The van der Waals surface area contributed by atoms with E-state index < -0.39 is 11.7 Å². The average molecular weight is 477 g/mol. The molecular formula is C22H22Cl2N4O4. The molecular weight excluding hydrogens is 455 g/mol. The number of amides is 1. The van der Waals surface area contributed by atoms with Crippen molar-refractivity contribution < 1.29 is 19.1 Å². The van der Waals surface area contributed by atoms with E-state index in [1.807, 2.05) is 13.0 Å². The van der Waals surface area contributed by atoms with Crippen molar-refractivity contribution >= 4 is 46.2 Å². The number of anilines is 1. The van der Waals surface area contributed by atoms with Gasteiger partial charge in [-0.1, -0.05) is 23.2 Å². The Hall–Kier alpha value is -2.39. The van der Waals surface area contributed by atoms with Crippen LogP contribution in [-0.2, 0) is 21.6 Å². The van der Waals surface area contributed by atoms with E-state index >= 15 is 0 Å². The monoisotopic (exact) mass is 476 g/mol. The van der Waals surface area contributed by atoms with Gasteiger partial charge >= 0.3 is 0 Å². The standard InChI is InChI=1S/C22H22Cl2N4O4/c1-11-18-12(6-13(23)7-15(18)24)2-4-28(11)20(29)17-8-22(30,3-5-31-17)14-9-26-10-16-19(14)32-21(25)27-16/h6-7,9-11,17,30H,2-5,8H2,1H3,(H2,25,27)/t11-,17-,22+/m0/s1. The largest absolute Gasteiger partial charge is 0.423 e. The highest BCUT2D eigenvalue weighted by Gasteiger charge is 2.44. The Morgan fingerprint density at radius 3 is 2.97 bits per heavy atom. The first kappa shape index (κ1) is 21.5. The zero-order chi connectivity index (χ0) is 22.6. The van der Waals surface area contributed by atoms with Gasteiger partial charge in [-0.25, -0.2) is 0 Å². The number of nitrogen functional groups attached to an aromatic ring is 1. The van der Waals surface area contributed by atoms with Crippen LogP contribution in [0.2, 0.25) is 10.0 Å². The number of halogens is 2. The lowest BCUT2D eigenvalue weighted by Gasteiger charge is -2.41. The average Bonchev–Trinajstić information content (AvgIpc) is 3.13. The molecule has 0 unspecified atom stereocenters. The molecule has 3 aromatic rings. The molecule has 8 nitrogen and oxygen atoms in total. The summed E-state index contributed by atoms with van der Waals surface area (Å²) >= 11 is 12.6. The van der Waals surface area contributed by atoms with Crippen LogP contribution in [-0.4, -0.2) is 45.1 Å². The number of carbonyl (C=O) groups excluding carboxylic acids is 1. The van der Waals surface area contributed by atoms with Crippen LogP contribution < -0.4 is 5.73 Å². The first-order valence-corrected chi connectivity index (χ1v) is 11.2. The van der Waals surface area contributed by atoms with Crippen LogP contribution in [0.1, 0.15) is 42.5 Å². The third-order valence-electron chi connectivity index (χ3n) is 6.42. The van der Waals surface area contributed by atoms with Crippen molar-refractivity contribution in [3.8, 4) is 0 Å². The molecule has 1 saturated heterocycles. The number of benzene rings is 1. The first-order chi connectivity index (χ1) is 15.3. The fourth-order valence-electron chi connectivity index (χ4n) is 4.83. The molecule has 1 aromatic carbocycles. The summed E-state index contributed by atoms with van der Waals surface area (Å²) in [6, 6.07) is 3.34. The molecule has 2 aliphatic rings. The zero-order valence-corrected chi connectivity index (χ0v) is 18.9. The number of hydrogen-bond acceptors (Lipinski definition) is 7. The van der Waals surface area contributed by atoms with Gasteiger partial charge in [-0.2, -0.15) is 4.98 Å². The molecule has 32 heavy (non-hydrogen) atoms. The fourth-order valence-corrected chi connectivity index (χ4v) is 5.53. The summed E-state index contributed by atoms with van der Waals surface area (Å²) in [6.07, 6.45) is 3.23. The van der Waals surface area contributed by atoms with Crippen LogP contribution in [0.4, 0.5) is 6.01 Å². The van der Waals surface area contributed by atoms with Crippen LogP contribution in [0.3, 0.4) is 0 Å². The Bertz CT molecular complexity index is 1220. The number of fused-ring (bicyclic) bond motifs is 2. The molecule has 1 fully saturated rings. The lowest BCUT2D eigenvalue weighted by Crippen LogP contribution is -2.50. The van der Waals surface area contributed by atoms with E-state index in [4.69, 9.17) is 38.1 Å². The van der Waals surface area contributed by atoms with E-state index in [1.54, 1.807) is 11.0 Å². The van der Waals surface area contributed by atoms with Crippen LogP contribution in [0.15, 0.2) is 28.9 Å². The molecule has 2 aromatic heterocycles. The van der Waals surface area contributed by atoms with E-state index in [9.17, 15) is 9.90 Å². The van der Waals surface area contributed by atoms with Gasteiger partial charge in [-0.15, -0.1) is 0 Å². The number of hydrogen-bond donors (Lipinski definition) is 2. The highest BCUT2D eigenvalue weighted by Crippen LogP contribution is 2.41. The van der Waals surface area contributed by atoms with Crippen molar-refractivity contribution in [2.24, 2.45) is 0 Å². The highest BCUT2D eigenvalue weighted by atomic mass is 35.5. The molecule has 0 bridgehead atoms. The van der Waals surface area contributed by atoms with Crippen molar-refractivity contribution in [2.45, 2.75) is 43.9 Å². The molecule has 0 radical (unpaired) electrons. The molecule has 1 amide bonds. The second kappa shape index (κ2) is 7.88. The minimum Gasteiger partial charge on any atom is -0.423 e. The van der Waals surface area contributed by atoms with Crippen LogP contribution in [0, 0.1) is 0 Å². The van der Waals surface area contributed by atoms with Gasteiger partial charge in [0.1, 0.15) is 17.2 Å². The van der Waals surface area contributed by atoms with Crippen molar-refractivity contribution in [2.75, 3.05) is 18.9 Å². The topological polar surface area (TPSA) is 115 Å². The fraction of sp³-hybridized carbons (Fsp3) is 0.409. The molecule has 0 saturated carbocycles. The van der Waals surface area contributed by atoms with Crippen molar-refractivity contribution in [3.05, 3.63) is 51.3 Å². The van der Waals surface area contributed by atoms with Gasteiger partial charge in [-0.3, -0.25) is 9.78 Å². The van der Waals surface area contributed by atoms with Crippen LogP contribution >= 0.6 is 23.2 Å². The predicted octanol–water partition coefficient (Wildman–Crippen LogP) is 3.62. The SMILES string of the molecule is C[C@H]1c2c(Cl)cc(Cl)cc2CCN1C(=O)[C@@H]1C[C@@](O)(c2cncc3nc(N)oc23)CCO1. The molecule has 10 heteroatoms. The Kier molecular flexibility index (Phi) is 5.28. The zero-order valence-electron chi connectivity index (χ0n) is 17.3. The van der Waals surface area contributed by atoms with Gasteiger partial charge in [0.05, 0.1) is 18.8 Å². The van der Waals surface area contributed by atoms with Gasteiger partial charge in [0.15, 0.2) is 5.58 Å². The van der Waals surface area contributed by atoms with Crippen molar-refractivity contribution in [3.63, 3.8) is 0 Å². The molecule has 5 rings (SSSR count). The highest BCUT2D eigenvalue weighted by molar-refractivity contribution is 6.35. The molecule has 0 aliphatic carbocycles. The summed E-state index contributed by atoms with van der Waals surface area (Å²) in [7, 11) is 0. The summed E-state index contributed by atoms with van der Waals surface area (Å²) in [6.45, 7) is 2.66. The number of pyridine rings is 1. The normalized spacial score (nSPS) is 25.7. The number of nitrogens with two attached hydrogens (primary N) is 1. The Morgan fingerprint density at radius 2 is 2.16 bits per heavy atom. The van der Waals surface area contributed by atoms with Gasteiger partial charge < -0.3 is 24.9 Å². The summed E-state index contributed by atoms with van der Waals surface area (Å²) in [5.41, 5.74) is 7.55. The van der Waals surface area contributed by atoms with Crippen molar-refractivity contribution in [1.82, 2.24) is 14.9 Å². The third-order valence-corrected chi connectivity index (χ3v) is 6.95. The maximum absolute atomic E-state index is 13.5. The van der Waals surface area contributed by atoms with Crippen molar-refractivity contribution in [1.29, 1.82) is 0 Å². The van der Waals surface area contributed by atoms with Gasteiger partial charge in [0, 0.05) is 41.2 Å². The number of carbonyl (C=O) groups is 1. The molecule has 168 valence electrons. The molecule has 0 spiro atoms. The predicted molar refractivity (Wildman–Crippen MR) is 119 cm³/mol. The number of aliphatic hydroxyl groups is 1. The quantitative estimate of drug-likeness (QED) is 0.579. The number of ether oxygens (including phenoxy) is 1. The van der Waals surface area contributed by atoms with Crippen LogP contribution in [0.5, 0.6) is 0 Å². The Morgan fingerprint density at radius 1 is 1.34 bits per heavy atom. The van der Waals surface area contributed by atoms with E-state index in [2.05, 4.69) is 9.97 Å². The Labute approximate surface area is 194 Å². The minimum absolute atomic E-state index is 0.00433. The summed E-state index contributed by atoms with van der Waals surface area (Å²) in [5.74, 6) is -0.190. The Balaban J connectivity index is 1.42. The number of aromatic nitrogens is 2. The van der Waals surface area contributed by atoms with Gasteiger partial charge in [0.25, 0.3) is 11.9 Å². The van der Waals surface area contributed by atoms with E-state index in [0.717, 1.165) is 11.1 Å². The number of rotatable bonds is 2. The van der Waals surface area contributed by atoms with E-state index in [0.29, 0.717) is 46.1 Å². The van der Waals surface area contributed by atoms with Crippen LogP contribution in [0.25, 0.3) is 11.1 Å². The van der Waals surface area contributed by atoms with Gasteiger partial charge in [-0.05, 0) is 36.6 Å². The minimum atomic E-state index is -1.36. The third kappa shape index (κ3) is 3.51. The molecule has 3 atom stereocenters. The van der Waals surface area contributed by atoms with E-state index in [-0.39, 0.29) is 31.0 Å². The maximum atomic E-state index is 13.5. The second-order valence-electron chi connectivity index (χ2n) is 8.35. The first-order valence-electron chi connectivity index (χ1n) is 10.4. The molecule has 2 aliphatic heterocycles. The molecule has 3 N–H and O–H groups in total. The summed E-state index contributed by atoms with van der Waals surface area (Å²) in [4.78, 5) is 23.5. The lowest BCUT2D eigenvalue weighted by molar-refractivity contribution is -0.163. The van der Waals surface area contributed by atoms with Gasteiger partial charge in [0.2, 0.25) is 0 Å². The van der Waals surface area contributed by atoms with E-state index in [1.165, 1.54) is 12.4 Å². The second-order valence-corrected chi connectivity index (χ2v) is 9.19. The maximum Gasteiger partial charge on any atom is 0.293 e. The number of nitrogens with zero attached hydrogens (tertiary/aromatic N) is 3. The smallest absolute Gasteiger partial charge is 0.293 e. The summed E-state index contributed by atoms with van der Waals surface area (Å²) in [5, 5.41) is 12.6. The lowest BCUT2D eigenvalue weighted by atomic mass is 9.83.